The molecule has 0 aromatic heterocycles. The molecule has 3 rings (SSSR count). The molecule has 0 spiro atoms. The summed E-state index contributed by atoms with van der Waals surface area (Å²) in [6.07, 6.45) is 2.79. The molecule has 1 saturated carbocycles. The lowest BCUT2D eigenvalue weighted by molar-refractivity contribution is -0.193. The average Bonchev–Trinajstić information content (AvgIpc) is 2.45. The lowest BCUT2D eigenvalue weighted by atomic mass is 9.55. The van der Waals surface area contributed by atoms with Crippen LogP contribution in [0, 0.1) is 11.3 Å². The molecule has 21 heavy (non-hydrogen) atoms. The Morgan fingerprint density at radius 3 is 3.05 bits per heavy atom. The number of fused-ring (bicyclic) bond motifs is 1. The molecule has 1 heterocycles. The van der Waals surface area contributed by atoms with Crippen molar-refractivity contribution < 1.29 is 14.6 Å². The molecule has 0 unspecified atom stereocenters. The predicted molar refractivity (Wildman–Crippen MR) is 80.0 cm³/mol. The Bertz CT molecular complexity index is 541. The second-order valence-electron chi connectivity index (χ2n) is 6.81. The molecule has 3 atom stereocenters. The van der Waals surface area contributed by atoms with Crippen molar-refractivity contribution in [3.8, 4) is 5.75 Å². The minimum Gasteiger partial charge on any atom is -0.508 e. The van der Waals surface area contributed by atoms with E-state index in [9.17, 15) is 9.90 Å². The minimum atomic E-state index is -0.000423. The van der Waals surface area contributed by atoms with Crippen LogP contribution in [0.3, 0.4) is 0 Å². The minimum absolute atomic E-state index is 0.000423. The van der Waals surface area contributed by atoms with Gasteiger partial charge in [-0.15, -0.1) is 0 Å². The van der Waals surface area contributed by atoms with Crippen molar-refractivity contribution in [2.24, 2.45) is 11.3 Å². The summed E-state index contributed by atoms with van der Waals surface area (Å²) in [6.45, 7) is 5.17. The summed E-state index contributed by atoms with van der Waals surface area (Å²) in [5, 5.41) is 12.6. The van der Waals surface area contributed by atoms with E-state index in [-0.39, 0.29) is 29.2 Å². The summed E-state index contributed by atoms with van der Waals surface area (Å²) in [7, 11) is 0. The standard InChI is InChI=1S/C17H23NO3/c1-17(2)15(13-7-4-8-21-16(13)17)18-14(20)10-11-5-3-6-12(19)9-11/h3,5-6,9,13,15-16,19H,4,7-8,10H2,1-2H3,(H,18,20)/t13-,15+,16+/m0/s1. The van der Waals surface area contributed by atoms with Crippen molar-refractivity contribution in [3.05, 3.63) is 29.8 Å². The molecule has 2 fully saturated rings. The molecule has 1 aliphatic carbocycles. The molecule has 1 aromatic carbocycles. The molecule has 0 bridgehead atoms. The second kappa shape index (κ2) is 5.34. The van der Waals surface area contributed by atoms with Gasteiger partial charge in [0.1, 0.15) is 5.75 Å². The highest BCUT2D eigenvalue weighted by molar-refractivity contribution is 5.79. The van der Waals surface area contributed by atoms with Gasteiger partial charge in [-0.1, -0.05) is 26.0 Å². The van der Waals surface area contributed by atoms with Crippen LogP contribution in [0.5, 0.6) is 5.75 Å². The van der Waals surface area contributed by atoms with E-state index >= 15 is 0 Å². The van der Waals surface area contributed by atoms with Crippen LogP contribution in [0.2, 0.25) is 0 Å². The van der Waals surface area contributed by atoms with Crippen LogP contribution in [0.4, 0.5) is 0 Å². The number of phenolic OH excluding ortho intramolecular Hbond substituents is 1. The topological polar surface area (TPSA) is 58.6 Å². The number of phenols is 1. The van der Waals surface area contributed by atoms with Crippen LogP contribution in [-0.4, -0.2) is 29.8 Å². The van der Waals surface area contributed by atoms with E-state index in [1.54, 1.807) is 18.2 Å². The first-order valence-electron chi connectivity index (χ1n) is 7.67. The molecule has 114 valence electrons. The van der Waals surface area contributed by atoms with Gasteiger partial charge >= 0.3 is 0 Å². The third-order valence-electron chi connectivity index (χ3n) is 4.92. The fraction of sp³-hybridized carbons (Fsp3) is 0.588. The fourth-order valence-electron chi connectivity index (χ4n) is 3.89. The van der Waals surface area contributed by atoms with Crippen LogP contribution in [0.1, 0.15) is 32.3 Å². The van der Waals surface area contributed by atoms with Gasteiger partial charge in [0.25, 0.3) is 0 Å². The average molecular weight is 289 g/mol. The second-order valence-corrected chi connectivity index (χ2v) is 6.81. The van der Waals surface area contributed by atoms with Crippen molar-refractivity contribution in [1.82, 2.24) is 5.32 Å². The largest absolute Gasteiger partial charge is 0.508 e. The number of benzene rings is 1. The van der Waals surface area contributed by atoms with Gasteiger partial charge in [-0.25, -0.2) is 0 Å². The van der Waals surface area contributed by atoms with Crippen molar-refractivity contribution in [3.63, 3.8) is 0 Å². The van der Waals surface area contributed by atoms with E-state index in [2.05, 4.69) is 19.2 Å². The highest BCUT2D eigenvalue weighted by Crippen LogP contribution is 2.51. The van der Waals surface area contributed by atoms with Crippen molar-refractivity contribution in [1.29, 1.82) is 0 Å². The van der Waals surface area contributed by atoms with E-state index in [1.165, 1.54) is 0 Å². The molecule has 4 heteroatoms. The zero-order valence-corrected chi connectivity index (χ0v) is 12.6. The summed E-state index contributed by atoms with van der Waals surface area (Å²) in [5.74, 6) is 0.662. The number of carbonyl (C=O) groups is 1. The number of hydrogen-bond donors (Lipinski definition) is 2. The first-order chi connectivity index (χ1) is 9.98. The smallest absolute Gasteiger partial charge is 0.224 e. The van der Waals surface area contributed by atoms with E-state index in [4.69, 9.17) is 4.74 Å². The molecular weight excluding hydrogens is 266 g/mol. The van der Waals surface area contributed by atoms with Crippen LogP contribution in [0.25, 0.3) is 0 Å². The number of amides is 1. The number of carbonyl (C=O) groups excluding carboxylic acids is 1. The van der Waals surface area contributed by atoms with Gasteiger partial charge in [-0.2, -0.15) is 0 Å². The van der Waals surface area contributed by atoms with E-state index in [0.717, 1.165) is 25.0 Å². The van der Waals surface area contributed by atoms with E-state index in [0.29, 0.717) is 12.3 Å². The Morgan fingerprint density at radius 1 is 1.48 bits per heavy atom. The highest BCUT2D eigenvalue weighted by Gasteiger charge is 2.58. The number of nitrogens with one attached hydrogen (secondary N) is 1. The third kappa shape index (κ3) is 2.64. The quantitative estimate of drug-likeness (QED) is 0.897. The van der Waals surface area contributed by atoms with Crippen molar-refractivity contribution in [2.75, 3.05) is 6.61 Å². The monoisotopic (exact) mass is 289 g/mol. The van der Waals surface area contributed by atoms with Gasteiger partial charge < -0.3 is 15.2 Å². The van der Waals surface area contributed by atoms with Gasteiger partial charge in [0, 0.05) is 24.0 Å². The predicted octanol–water partition coefficient (Wildman–Crippen LogP) is 2.25. The van der Waals surface area contributed by atoms with E-state index in [1.807, 2.05) is 6.07 Å². The maximum atomic E-state index is 12.3. The maximum Gasteiger partial charge on any atom is 0.224 e. The first kappa shape index (κ1) is 14.4. The van der Waals surface area contributed by atoms with Crippen LogP contribution in [0.15, 0.2) is 24.3 Å². The molecule has 2 aliphatic rings. The summed E-state index contributed by atoms with van der Waals surface area (Å²) in [4.78, 5) is 12.3. The molecule has 1 saturated heterocycles. The molecule has 1 amide bonds. The summed E-state index contributed by atoms with van der Waals surface area (Å²) >= 11 is 0. The number of rotatable bonds is 3. The van der Waals surface area contributed by atoms with Gasteiger partial charge in [0.2, 0.25) is 5.91 Å². The number of aromatic hydroxyl groups is 1. The zero-order chi connectivity index (χ0) is 15.0. The fourth-order valence-corrected chi connectivity index (χ4v) is 3.89. The number of hydrogen-bond acceptors (Lipinski definition) is 3. The zero-order valence-electron chi connectivity index (χ0n) is 12.6. The van der Waals surface area contributed by atoms with Gasteiger partial charge in [0.05, 0.1) is 12.5 Å². The summed E-state index contributed by atoms with van der Waals surface area (Å²) < 4.78 is 5.85. The lowest BCUT2D eigenvalue weighted by Gasteiger charge is -2.59. The summed E-state index contributed by atoms with van der Waals surface area (Å²) in [5.41, 5.74) is 0.834. The normalized spacial score (nSPS) is 30.1. The van der Waals surface area contributed by atoms with Crippen LogP contribution < -0.4 is 5.32 Å². The molecule has 1 aliphatic heterocycles. The van der Waals surface area contributed by atoms with Gasteiger partial charge in [-0.05, 0) is 30.5 Å². The molecule has 1 aromatic rings. The Hall–Kier alpha value is -1.55. The molecular formula is C17H23NO3. The van der Waals surface area contributed by atoms with Crippen molar-refractivity contribution in [2.45, 2.75) is 45.3 Å². The molecule has 2 N–H and O–H groups in total. The van der Waals surface area contributed by atoms with Crippen LogP contribution >= 0.6 is 0 Å². The van der Waals surface area contributed by atoms with Crippen molar-refractivity contribution >= 4 is 5.91 Å². The Balaban J connectivity index is 1.62. The van der Waals surface area contributed by atoms with Gasteiger partial charge in [-0.3, -0.25) is 4.79 Å². The Kier molecular flexibility index (Phi) is 3.66. The molecule has 0 radical (unpaired) electrons. The number of ether oxygens (including phenoxy) is 1. The Morgan fingerprint density at radius 2 is 2.29 bits per heavy atom. The first-order valence-corrected chi connectivity index (χ1v) is 7.67. The maximum absolute atomic E-state index is 12.3. The van der Waals surface area contributed by atoms with E-state index < -0.39 is 0 Å². The third-order valence-corrected chi connectivity index (χ3v) is 4.92. The highest BCUT2D eigenvalue weighted by atomic mass is 16.5. The van der Waals surface area contributed by atoms with Crippen LogP contribution in [-0.2, 0) is 16.0 Å². The Labute approximate surface area is 125 Å². The SMILES string of the molecule is CC1(C)[C@H](NC(=O)Cc2cccc(O)c2)[C@@H]2CCCO[C@H]21. The lowest BCUT2D eigenvalue weighted by Crippen LogP contribution is -2.70. The summed E-state index contributed by atoms with van der Waals surface area (Å²) in [6, 6.07) is 7.06. The van der Waals surface area contributed by atoms with Gasteiger partial charge in [0.15, 0.2) is 0 Å². The molecule has 4 nitrogen and oxygen atoms in total.